The minimum atomic E-state index is -1.20. The number of aromatic nitrogens is 1. The van der Waals surface area contributed by atoms with Crippen LogP contribution in [0.2, 0.25) is 5.02 Å². The van der Waals surface area contributed by atoms with Gasteiger partial charge in [-0.1, -0.05) is 42.8 Å². The molecule has 0 radical (unpaired) electrons. The lowest BCUT2D eigenvalue weighted by Gasteiger charge is -2.44. The predicted octanol–water partition coefficient (Wildman–Crippen LogP) is 4.50. The van der Waals surface area contributed by atoms with Crippen LogP contribution in [-0.2, 0) is 17.7 Å². The van der Waals surface area contributed by atoms with Crippen molar-refractivity contribution in [2.75, 3.05) is 0 Å². The van der Waals surface area contributed by atoms with E-state index in [1.165, 1.54) is 6.20 Å². The van der Waals surface area contributed by atoms with Crippen LogP contribution in [0.5, 0.6) is 0 Å². The maximum atomic E-state index is 14.1. The summed E-state index contributed by atoms with van der Waals surface area (Å²) < 4.78 is 0. The van der Waals surface area contributed by atoms with E-state index in [0.29, 0.717) is 39.4 Å². The summed E-state index contributed by atoms with van der Waals surface area (Å²) in [6.45, 7) is 5.46. The second-order valence-electron chi connectivity index (χ2n) is 10.1. The van der Waals surface area contributed by atoms with Crippen LogP contribution >= 0.6 is 11.6 Å². The topological polar surface area (TPSA) is 97.5 Å². The third-order valence-corrected chi connectivity index (χ3v) is 7.68. The van der Waals surface area contributed by atoms with Crippen molar-refractivity contribution in [2.24, 2.45) is 5.92 Å². The molecule has 178 valence electrons. The monoisotopic (exact) mass is 487 g/mol. The van der Waals surface area contributed by atoms with Crippen LogP contribution in [0.15, 0.2) is 60.8 Å². The standard InChI is InChI=1S/C28H26ClN3O3/c1-17-13-27(17,35)28(19-5-8-21(29)9-6-19)24-11-7-20(26(2,3)34)12-23(24)25(33)32(28)16-22-10-4-18(14-30)15-31-22/h4-12,15,17,34-35H,13,16H2,1-3H3/t17?,27?,28-/m1/s1. The van der Waals surface area contributed by atoms with Gasteiger partial charge in [-0.2, -0.15) is 5.26 Å². The van der Waals surface area contributed by atoms with Gasteiger partial charge in [-0.05, 0) is 73.2 Å². The van der Waals surface area contributed by atoms with E-state index < -0.39 is 16.7 Å². The van der Waals surface area contributed by atoms with Crippen LogP contribution in [0.3, 0.4) is 0 Å². The molecule has 7 heteroatoms. The van der Waals surface area contributed by atoms with Gasteiger partial charge in [0.25, 0.3) is 5.91 Å². The smallest absolute Gasteiger partial charge is 0.255 e. The summed E-state index contributed by atoms with van der Waals surface area (Å²) in [6, 6.07) is 18.1. The molecule has 2 N–H and O–H groups in total. The summed E-state index contributed by atoms with van der Waals surface area (Å²) in [5.41, 5.74) is 0.0284. The van der Waals surface area contributed by atoms with Gasteiger partial charge in [0.15, 0.2) is 0 Å². The Kier molecular flexibility index (Phi) is 5.30. The number of hydrogen-bond donors (Lipinski definition) is 2. The number of fused-ring (bicyclic) bond motifs is 1. The molecule has 1 aromatic heterocycles. The highest BCUT2D eigenvalue weighted by Gasteiger charge is 2.71. The first kappa shape index (κ1) is 23.5. The fourth-order valence-corrected chi connectivity index (χ4v) is 5.55. The largest absolute Gasteiger partial charge is 0.386 e. The van der Waals surface area contributed by atoms with E-state index in [2.05, 4.69) is 11.1 Å². The maximum Gasteiger partial charge on any atom is 0.255 e. The highest BCUT2D eigenvalue weighted by molar-refractivity contribution is 6.30. The summed E-state index contributed by atoms with van der Waals surface area (Å²) in [5, 5.41) is 32.4. The summed E-state index contributed by atoms with van der Waals surface area (Å²) >= 11 is 6.21. The van der Waals surface area contributed by atoms with Gasteiger partial charge in [0.2, 0.25) is 0 Å². The molecule has 35 heavy (non-hydrogen) atoms. The zero-order chi connectivity index (χ0) is 25.2. The first-order valence-corrected chi connectivity index (χ1v) is 11.9. The molecule has 1 aliphatic carbocycles. The molecule has 3 aromatic rings. The Balaban J connectivity index is 1.77. The van der Waals surface area contributed by atoms with Crippen molar-refractivity contribution in [3.8, 4) is 6.07 Å². The molecule has 1 saturated carbocycles. The third kappa shape index (κ3) is 3.46. The fraction of sp³-hybridized carbons (Fsp3) is 0.321. The number of halogens is 1. The molecule has 3 atom stereocenters. The minimum absolute atomic E-state index is 0.0534. The quantitative estimate of drug-likeness (QED) is 0.552. The maximum absolute atomic E-state index is 14.1. The lowest BCUT2D eigenvalue weighted by molar-refractivity contribution is -0.0232. The van der Waals surface area contributed by atoms with Crippen molar-refractivity contribution >= 4 is 17.5 Å². The summed E-state index contributed by atoms with van der Waals surface area (Å²) in [6.07, 6.45) is 2.00. The van der Waals surface area contributed by atoms with Gasteiger partial charge < -0.3 is 15.1 Å². The first-order valence-electron chi connectivity index (χ1n) is 11.5. The van der Waals surface area contributed by atoms with Gasteiger partial charge >= 0.3 is 0 Å². The van der Waals surface area contributed by atoms with Gasteiger partial charge in [-0.25, -0.2) is 0 Å². The molecule has 2 aliphatic rings. The van der Waals surface area contributed by atoms with Crippen molar-refractivity contribution in [1.29, 1.82) is 5.26 Å². The van der Waals surface area contributed by atoms with Crippen molar-refractivity contribution in [3.05, 3.63) is 99.3 Å². The Morgan fingerprint density at radius 1 is 1.20 bits per heavy atom. The molecular formula is C28H26ClN3O3. The van der Waals surface area contributed by atoms with Crippen LogP contribution in [0.4, 0.5) is 0 Å². The zero-order valence-electron chi connectivity index (χ0n) is 19.8. The lowest BCUT2D eigenvalue weighted by Crippen LogP contribution is -2.55. The SMILES string of the molecule is CC1CC1(O)[C@@]1(c2ccc(Cl)cc2)c2ccc(C(C)(C)O)cc2C(=O)N1Cc1ccc(C#N)cn1. The van der Waals surface area contributed by atoms with Crippen LogP contribution in [0.1, 0.15) is 65.5 Å². The van der Waals surface area contributed by atoms with Crippen molar-refractivity contribution in [1.82, 2.24) is 9.88 Å². The number of benzene rings is 2. The third-order valence-electron chi connectivity index (χ3n) is 7.43. The first-order chi connectivity index (χ1) is 16.5. The Morgan fingerprint density at radius 3 is 2.43 bits per heavy atom. The number of nitrogens with zero attached hydrogens (tertiary/aromatic N) is 3. The Hall–Kier alpha value is -3.24. The molecule has 2 aromatic carbocycles. The van der Waals surface area contributed by atoms with E-state index in [1.54, 1.807) is 49.1 Å². The molecule has 6 nitrogen and oxygen atoms in total. The van der Waals surface area contributed by atoms with Gasteiger partial charge in [0.05, 0.1) is 29.0 Å². The number of carbonyl (C=O) groups is 1. The molecule has 0 spiro atoms. The second-order valence-corrected chi connectivity index (χ2v) is 10.5. The summed E-state index contributed by atoms with van der Waals surface area (Å²) in [4.78, 5) is 20.2. The molecule has 2 heterocycles. The lowest BCUT2D eigenvalue weighted by atomic mass is 9.74. The average Bonchev–Trinajstić information content (AvgIpc) is 3.37. The molecule has 1 fully saturated rings. The van der Waals surface area contributed by atoms with E-state index in [1.807, 2.05) is 31.2 Å². The Bertz CT molecular complexity index is 1360. The van der Waals surface area contributed by atoms with Gasteiger partial charge in [-0.3, -0.25) is 9.78 Å². The van der Waals surface area contributed by atoms with Gasteiger partial charge in [-0.15, -0.1) is 0 Å². The molecule has 1 aliphatic heterocycles. The van der Waals surface area contributed by atoms with Crippen molar-refractivity contribution in [2.45, 2.75) is 50.5 Å². The second kappa shape index (κ2) is 7.89. The summed E-state index contributed by atoms with van der Waals surface area (Å²) in [7, 11) is 0. The minimum Gasteiger partial charge on any atom is -0.386 e. The molecule has 0 bridgehead atoms. The van der Waals surface area contributed by atoms with E-state index in [0.717, 1.165) is 5.56 Å². The van der Waals surface area contributed by atoms with Gasteiger partial charge in [0.1, 0.15) is 11.6 Å². The van der Waals surface area contributed by atoms with E-state index >= 15 is 0 Å². The number of hydrogen-bond acceptors (Lipinski definition) is 5. The average molecular weight is 488 g/mol. The van der Waals surface area contributed by atoms with Crippen molar-refractivity contribution in [3.63, 3.8) is 0 Å². The van der Waals surface area contributed by atoms with Crippen LogP contribution in [0.25, 0.3) is 0 Å². The number of amides is 1. The highest BCUT2D eigenvalue weighted by Crippen LogP contribution is 2.63. The zero-order valence-corrected chi connectivity index (χ0v) is 20.5. The highest BCUT2D eigenvalue weighted by atomic mass is 35.5. The molecule has 2 unspecified atom stereocenters. The number of rotatable bonds is 5. The van der Waals surface area contributed by atoms with Crippen LogP contribution < -0.4 is 0 Å². The van der Waals surface area contributed by atoms with E-state index in [4.69, 9.17) is 16.9 Å². The molecule has 1 amide bonds. The van der Waals surface area contributed by atoms with Crippen LogP contribution in [0, 0.1) is 17.2 Å². The summed E-state index contributed by atoms with van der Waals surface area (Å²) in [5.74, 6) is -0.304. The molecular weight excluding hydrogens is 462 g/mol. The number of carbonyl (C=O) groups excluding carboxylic acids is 1. The molecule has 0 saturated heterocycles. The van der Waals surface area contributed by atoms with Gasteiger partial charge in [0, 0.05) is 16.8 Å². The Morgan fingerprint density at radius 2 is 1.89 bits per heavy atom. The van der Waals surface area contributed by atoms with Crippen molar-refractivity contribution < 1.29 is 15.0 Å². The van der Waals surface area contributed by atoms with E-state index in [-0.39, 0.29) is 18.4 Å². The predicted molar refractivity (Wildman–Crippen MR) is 131 cm³/mol. The molecule has 5 rings (SSSR count). The fourth-order valence-electron chi connectivity index (χ4n) is 5.43. The number of pyridine rings is 1. The van der Waals surface area contributed by atoms with E-state index in [9.17, 15) is 15.0 Å². The van der Waals surface area contributed by atoms with Crippen LogP contribution in [-0.4, -0.2) is 31.6 Å². The Labute approximate surface area is 209 Å². The number of nitriles is 1. The normalized spacial score (nSPS) is 25.3. The number of aliphatic hydroxyl groups is 2.